The normalized spacial score (nSPS) is 26.0. The molecule has 106 valence electrons. The molecule has 0 saturated carbocycles. The van der Waals surface area contributed by atoms with Gasteiger partial charge in [0.25, 0.3) is 5.56 Å². The Morgan fingerprint density at radius 3 is 3.10 bits per heavy atom. The molecule has 3 atom stereocenters. The predicted molar refractivity (Wildman–Crippen MR) is 67.7 cm³/mol. The number of hydrogen-bond acceptors (Lipinski definition) is 6. The summed E-state index contributed by atoms with van der Waals surface area (Å²) in [5.74, 6) is 0. The molecular weight excluding hydrogens is 264 g/mol. The fraction of sp³-hybridized carbons (Fsp3) is 0.417. The van der Waals surface area contributed by atoms with Crippen LogP contribution in [-0.4, -0.2) is 48.5 Å². The highest BCUT2D eigenvalue weighted by Crippen LogP contribution is 2.31. The molecule has 1 saturated heterocycles. The zero-order chi connectivity index (χ0) is 14.1. The third-order valence-corrected chi connectivity index (χ3v) is 3.30. The Morgan fingerprint density at radius 1 is 1.55 bits per heavy atom. The number of aliphatic hydroxyl groups excluding tert-OH is 2. The molecule has 0 aromatic carbocycles. The van der Waals surface area contributed by atoms with Crippen LogP contribution in [0.1, 0.15) is 12.6 Å². The Labute approximate surface area is 113 Å². The molecule has 0 bridgehead atoms. The van der Waals surface area contributed by atoms with Gasteiger partial charge in [-0.25, -0.2) is 9.97 Å². The number of ether oxygens (including phenoxy) is 1. The van der Waals surface area contributed by atoms with Crippen LogP contribution in [0.3, 0.4) is 0 Å². The van der Waals surface area contributed by atoms with E-state index in [-0.39, 0.29) is 12.2 Å². The summed E-state index contributed by atoms with van der Waals surface area (Å²) in [5, 5.41) is 18.9. The molecule has 0 aliphatic carbocycles. The lowest BCUT2D eigenvalue weighted by Gasteiger charge is -2.15. The van der Waals surface area contributed by atoms with Crippen LogP contribution >= 0.6 is 0 Å². The Hall–Kier alpha value is -2.03. The van der Waals surface area contributed by atoms with E-state index < -0.39 is 18.4 Å². The quantitative estimate of drug-likeness (QED) is 0.682. The fourth-order valence-electron chi connectivity index (χ4n) is 2.29. The van der Waals surface area contributed by atoms with E-state index in [0.29, 0.717) is 17.8 Å². The SMILES string of the molecule is O=c1cc(-c2cncn2[C@H]2C[C@@H](O)[C@@H](CO)O2)nc[nH]1. The van der Waals surface area contributed by atoms with Crippen LogP contribution < -0.4 is 5.56 Å². The Bertz CT molecular complexity index is 653. The highest BCUT2D eigenvalue weighted by Gasteiger charge is 2.35. The maximum atomic E-state index is 11.3. The largest absolute Gasteiger partial charge is 0.394 e. The van der Waals surface area contributed by atoms with E-state index in [9.17, 15) is 9.90 Å². The molecule has 1 aliphatic heterocycles. The van der Waals surface area contributed by atoms with Crippen LogP contribution in [0.5, 0.6) is 0 Å². The molecule has 3 heterocycles. The van der Waals surface area contributed by atoms with Gasteiger partial charge in [0.15, 0.2) is 0 Å². The molecule has 0 amide bonds. The van der Waals surface area contributed by atoms with Gasteiger partial charge in [0.2, 0.25) is 0 Å². The van der Waals surface area contributed by atoms with E-state index >= 15 is 0 Å². The van der Waals surface area contributed by atoms with Gasteiger partial charge in [-0.15, -0.1) is 0 Å². The number of aromatic amines is 1. The summed E-state index contributed by atoms with van der Waals surface area (Å²) in [4.78, 5) is 21.9. The first-order chi connectivity index (χ1) is 9.69. The lowest BCUT2D eigenvalue weighted by atomic mass is 10.2. The molecule has 0 unspecified atom stereocenters. The van der Waals surface area contributed by atoms with E-state index in [2.05, 4.69) is 15.0 Å². The number of nitrogens with zero attached hydrogens (tertiary/aromatic N) is 3. The fourth-order valence-corrected chi connectivity index (χ4v) is 2.29. The van der Waals surface area contributed by atoms with Gasteiger partial charge in [-0.05, 0) is 0 Å². The van der Waals surface area contributed by atoms with Gasteiger partial charge in [0.1, 0.15) is 12.3 Å². The Balaban J connectivity index is 1.93. The van der Waals surface area contributed by atoms with Crippen LogP contribution in [0, 0.1) is 0 Å². The molecule has 3 N–H and O–H groups in total. The van der Waals surface area contributed by atoms with Crippen LogP contribution in [0.2, 0.25) is 0 Å². The zero-order valence-electron chi connectivity index (χ0n) is 10.5. The summed E-state index contributed by atoms with van der Waals surface area (Å²) in [5.41, 5.74) is 0.826. The molecule has 2 aromatic heterocycles. The smallest absolute Gasteiger partial charge is 0.251 e. The van der Waals surface area contributed by atoms with Gasteiger partial charge in [-0.3, -0.25) is 4.79 Å². The minimum atomic E-state index is -0.729. The van der Waals surface area contributed by atoms with Gasteiger partial charge in [-0.2, -0.15) is 0 Å². The Kier molecular flexibility index (Phi) is 3.35. The van der Waals surface area contributed by atoms with E-state index in [4.69, 9.17) is 9.84 Å². The topological polar surface area (TPSA) is 113 Å². The molecule has 2 aromatic rings. The number of hydrogen-bond donors (Lipinski definition) is 3. The van der Waals surface area contributed by atoms with Crippen molar-refractivity contribution in [1.82, 2.24) is 19.5 Å². The third-order valence-electron chi connectivity index (χ3n) is 3.30. The highest BCUT2D eigenvalue weighted by atomic mass is 16.5. The van der Waals surface area contributed by atoms with Crippen molar-refractivity contribution in [3.63, 3.8) is 0 Å². The minimum absolute atomic E-state index is 0.245. The molecule has 3 rings (SSSR count). The van der Waals surface area contributed by atoms with Crippen molar-refractivity contribution in [3.8, 4) is 11.4 Å². The molecule has 1 aliphatic rings. The first-order valence-electron chi connectivity index (χ1n) is 6.20. The van der Waals surface area contributed by atoms with Crippen LogP contribution in [0.15, 0.2) is 29.7 Å². The van der Waals surface area contributed by atoms with E-state index in [1.165, 1.54) is 12.4 Å². The maximum absolute atomic E-state index is 11.3. The summed E-state index contributed by atoms with van der Waals surface area (Å²) in [6, 6.07) is 1.36. The minimum Gasteiger partial charge on any atom is -0.394 e. The van der Waals surface area contributed by atoms with Gasteiger partial charge < -0.3 is 24.5 Å². The number of aliphatic hydroxyl groups is 2. The molecular formula is C12H14N4O4. The van der Waals surface area contributed by atoms with Crippen molar-refractivity contribution in [3.05, 3.63) is 35.3 Å². The van der Waals surface area contributed by atoms with Gasteiger partial charge in [0, 0.05) is 12.5 Å². The first-order valence-corrected chi connectivity index (χ1v) is 6.20. The van der Waals surface area contributed by atoms with Crippen molar-refractivity contribution >= 4 is 0 Å². The second-order valence-electron chi connectivity index (χ2n) is 4.60. The molecule has 20 heavy (non-hydrogen) atoms. The number of imidazole rings is 1. The average Bonchev–Trinajstić information content (AvgIpc) is 3.04. The second kappa shape index (κ2) is 5.16. The Morgan fingerprint density at radius 2 is 2.40 bits per heavy atom. The lowest BCUT2D eigenvalue weighted by Crippen LogP contribution is -2.24. The predicted octanol–water partition coefficient (Wildman–Crippen LogP) is -0.726. The summed E-state index contributed by atoms with van der Waals surface area (Å²) in [6.45, 7) is -0.245. The molecule has 0 radical (unpaired) electrons. The van der Waals surface area contributed by atoms with Gasteiger partial charge >= 0.3 is 0 Å². The summed E-state index contributed by atoms with van der Waals surface area (Å²) >= 11 is 0. The van der Waals surface area contributed by atoms with Crippen LogP contribution in [0.25, 0.3) is 11.4 Å². The number of aromatic nitrogens is 4. The maximum Gasteiger partial charge on any atom is 0.251 e. The summed E-state index contributed by atoms with van der Waals surface area (Å²) in [6.07, 6.45) is 3.00. The summed E-state index contributed by atoms with van der Waals surface area (Å²) in [7, 11) is 0. The molecule has 8 heteroatoms. The monoisotopic (exact) mass is 278 g/mol. The molecule has 8 nitrogen and oxygen atoms in total. The second-order valence-corrected chi connectivity index (χ2v) is 4.60. The van der Waals surface area contributed by atoms with E-state index in [0.717, 1.165) is 0 Å². The van der Waals surface area contributed by atoms with E-state index in [1.54, 1.807) is 17.1 Å². The van der Waals surface area contributed by atoms with Crippen molar-refractivity contribution in [2.75, 3.05) is 6.61 Å². The number of H-pyrrole nitrogens is 1. The first kappa shape index (κ1) is 13.0. The molecule has 1 fully saturated rings. The highest BCUT2D eigenvalue weighted by molar-refractivity contribution is 5.52. The van der Waals surface area contributed by atoms with E-state index in [1.807, 2.05) is 0 Å². The number of rotatable bonds is 3. The van der Waals surface area contributed by atoms with Crippen molar-refractivity contribution in [2.24, 2.45) is 0 Å². The van der Waals surface area contributed by atoms with Crippen molar-refractivity contribution in [2.45, 2.75) is 24.9 Å². The van der Waals surface area contributed by atoms with Gasteiger partial charge in [0.05, 0.1) is 43.0 Å². The lowest BCUT2D eigenvalue weighted by molar-refractivity contribution is -0.0438. The van der Waals surface area contributed by atoms with Crippen LogP contribution in [-0.2, 0) is 4.74 Å². The number of nitrogens with one attached hydrogen (secondary N) is 1. The van der Waals surface area contributed by atoms with Gasteiger partial charge in [-0.1, -0.05) is 0 Å². The average molecular weight is 278 g/mol. The van der Waals surface area contributed by atoms with Crippen molar-refractivity contribution < 1.29 is 14.9 Å². The third kappa shape index (κ3) is 2.24. The standard InChI is InChI=1S/C12H14N4O4/c17-4-10-9(18)2-12(20-10)16-6-13-3-8(16)7-1-11(19)15-5-14-7/h1,3,5-6,9-10,12,17-18H,2,4H2,(H,14,15,19)/t9-,10-,12-/m1/s1. The molecule has 0 spiro atoms. The van der Waals surface area contributed by atoms with Crippen LogP contribution in [0.4, 0.5) is 0 Å². The summed E-state index contributed by atoms with van der Waals surface area (Å²) < 4.78 is 7.26. The zero-order valence-corrected chi connectivity index (χ0v) is 10.5. The van der Waals surface area contributed by atoms with Crippen molar-refractivity contribution in [1.29, 1.82) is 0 Å².